The third-order valence-electron chi connectivity index (χ3n) is 4.72. The first kappa shape index (κ1) is 15.4. The number of rotatable bonds is 7. The molecule has 1 aliphatic rings. The Morgan fingerprint density at radius 2 is 2.05 bits per heavy atom. The van der Waals surface area contributed by atoms with E-state index in [0.717, 1.165) is 24.1 Å². The summed E-state index contributed by atoms with van der Waals surface area (Å²) < 4.78 is 5.58. The second-order valence-electron chi connectivity index (χ2n) is 6.02. The molecule has 0 aromatic heterocycles. The van der Waals surface area contributed by atoms with Crippen LogP contribution in [-0.2, 0) is 0 Å². The van der Waals surface area contributed by atoms with Crippen molar-refractivity contribution in [1.82, 2.24) is 5.32 Å². The highest BCUT2D eigenvalue weighted by Crippen LogP contribution is 2.42. The zero-order valence-corrected chi connectivity index (χ0v) is 13.2. The second kappa shape index (κ2) is 7.68. The minimum absolute atomic E-state index is 0.447. The number of benzene rings is 1. The van der Waals surface area contributed by atoms with Crippen LogP contribution in [0.5, 0.6) is 5.75 Å². The lowest BCUT2D eigenvalue weighted by atomic mass is 9.89. The Hall–Kier alpha value is -1.02. The van der Waals surface area contributed by atoms with Crippen LogP contribution in [0.3, 0.4) is 0 Å². The van der Waals surface area contributed by atoms with Crippen LogP contribution in [0.2, 0.25) is 0 Å². The van der Waals surface area contributed by atoms with Crippen molar-refractivity contribution in [2.45, 2.75) is 52.0 Å². The van der Waals surface area contributed by atoms with Crippen molar-refractivity contribution in [2.75, 3.05) is 13.7 Å². The Bertz CT molecular complexity index is 404. The summed E-state index contributed by atoms with van der Waals surface area (Å²) in [6.07, 6.45) is 6.59. The largest absolute Gasteiger partial charge is 0.496 e. The summed E-state index contributed by atoms with van der Waals surface area (Å²) in [5.74, 6) is 2.70. The fourth-order valence-electron chi connectivity index (χ4n) is 3.54. The van der Waals surface area contributed by atoms with E-state index < -0.39 is 0 Å². The number of methoxy groups -OCH3 is 1. The minimum atomic E-state index is 0.447. The molecular formula is C18H29NO. The summed E-state index contributed by atoms with van der Waals surface area (Å²) in [6.45, 7) is 5.64. The standard InChI is InChI=1S/C18H29NO/c1-4-12-19-18(15-11-10-14(5-2)13-15)16-8-6-7-9-17(16)20-3/h6-9,14-15,18-19H,4-5,10-13H2,1-3H3. The molecule has 3 unspecified atom stereocenters. The van der Waals surface area contributed by atoms with E-state index in [1.165, 1.54) is 37.7 Å². The second-order valence-corrected chi connectivity index (χ2v) is 6.02. The van der Waals surface area contributed by atoms with E-state index in [2.05, 4.69) is 43.4 Å². The third kappa shape index (κ3) is 3.54. The Morgan fingerprint density at radius 1 is 1.25 bits per heavy atom. The predicted molar refractivity (Wildman–Crippen MR) is 85.2 cm³/mol. The number of ether oxygens (including phenoxy) is 1. The summed E-state index contributed by atoms with van der Waals surface area (Å²) in [5.41, 5.74) is 1.34. The number of para-hydroxylation sites is 1. The van der Waals surface area contributed by atoms with Gasteiger partial charge >= 0.3 is 0 Å². The molecule has 1 aliphatic carbocycles. The van der Waals surface area contributed by atoms with Gasteiger partial charge in [-0.3, -0.25) is 0 Å². The first-order valence-electron chi connectivity index (χ1n) is 8.16. The first-order chi connectivity index (χ1) is 9.80. The van der Waals surface area contributed by atoms with Gasteiger partial charge in [0, 0.05) is 11.6 Å². The summed E-state index contributed by atoms with van der Waals surface area (Å²) in [5, 5.41) is 3.77. The Kier molecular flexibility index (Phi) is 5.90. The first-order valence-corrected chi connectivity index (χ1v) is 8.16. The van der Waals surface area contributed by atoms with Crippen LogP contribution in [0.15, 0.2) is 24.3 Å². The van der Waals surface area contributed by atoms with Gasteiger partial charge in [-0.1, -0.05) is 44.9 Å². The average Bonchev–Trinajstić information content (AvgIpc) is 2.97. The van der Waals surface area contributed by atoms with Gasteiger partial charge < -0.3 is 10.1 Å². The predicted octanol–water partition coefficient (Wildman–Crippen LogP) is 4.56. The van der Waals surface area contributed by atoms with E-state index in [1.807, 2.05) is 0 Å². The molecule has 3 atom stereocenters. The van der Waals surface area contributed by atoms with Gasteiger partial charge in [-0.15, -0.1) is 0 Å². The maximum Gasteiger partial charge on any atom is 0.123 e. The molecule has 20 heavy (non-hydrogen) atoms. The van der Waals surface area contributed by atoms with Crippen molar-refractivity contribution in [3.05, 3.63) is 29.8 Å². The van der Waals surface area contributed by atoms with Gasteiger partial charge in [-0.25, -0.2) is 0 Å². The molecule has 2 nitrogen and oxygen atoms in total. The molecule has 1 aromatic carbocycles. The molecule has 0 aliphatic heterocycles. The van der Waals surface area contributed by atoms with Crippen molar-refractivity contribution in [3.63, 3.8) is 0 Å². The van der Waals surface area contributed by atoms with E-state index in [-0.39, 0.29) is 0 Å². The molecule has 112 valence electrons. The van der Waals surface area contributed by atoms with Crippen molar-refractivity contribution >= 4 is 0 Å². The van der Waals surface area contributed by atoms with Crippen LogP contribution < -0.4 is 10.1 Å². The molecule has 2 heteroatoms. The molecule has 0 saturated heterocycles. The molecule has 0 bridgehead atoms. The summed E-state index contributed by atoms with van der Waals surface area (Å²) in [7, 11) is 1.78. The lowest BCUT2D eigenvalue weighted by Gasteiger charge is -2.27. The van der Waals surface area contributed by atoms with Gasteiger partial charge in [0.05, 0.1) is 7.11 Å². The topological polar surface area (TPSA) is 21.3 Å². The number of hydrogen-bond donors (Lipinski definition) is 1. The molecule has 0 spiro atoms. The van der Waals surface area contributed by atoms with Gasteiger partial charge in [-0.2, -0.15) is 0 Å². The van der Waals surface area contributed by atoms with E-state index in [1.54, 1.807) is 7.11 Å². The van der Waals surface area contributed by atoms with Crippen molar-refractivity contribution in [3.8, 4) is 5.75 Å². The van der Waals surface area contributed by atoms with Crippen LogP contribution in [0.1, 0.15) is 57.6 Å². The smallest absolute Gasteiger partial charge is 0.123 e. The van der Waals surface area contributed by atoms with Crippen molar-refractivity contribution in [1.29, 1.82) is 0 Å². The molecule has 1 fully saturated rings. The van der Waals surface area contributed by atoms with E-state index in [4.69, 9.17) is 4.74 Å². The number of nitrogens with one attached hydrogen (secondary N) is 1. The Morgan fingerprint density at radius 3 is 2.70 bits per heavy atom. The normalized spacial score (nSPS) is 23.8. The third-order valence-corrected chi connectivity index (χ3v) is 4.72. The molecule has 0 heterocycles. The lowest BCUT2D eigenvalue weighted by Crippen LogP contribution is -2.28. The Balaban J connectivity index is 2.18. The van der Waals surface area contributed by atoms with Crippen LogP contribution in [0.25, 0.3) is 0 Å². The van der Waals surface area contributed by atoms with Gasteiger partial charge in [0.1, 0.15) is 5.75 Å². The molecule has 2 rings (SSSR count). The molecular weight excluding hydrogens is 246 g/mol. The number of hydrogen-bond acceptors (Lipinski definition) is 2. The van der Waals surface area contributed by atoms with Crippen LogP contribution in [-0.4, -0.2) is 13.7 Å². The Labute approximate surface area is 123 Å². The van der Waals surface area contributed by atoms with Crippen LogP contribution >= 0.6 is 0 Å². The minimum Gasteiger partial charge on any atom is -0.496 e. The van der Waals surface area contributed by atoms with Crippen LogP contribution in [0, 0.1) is 11.8 Å². The van der Waals surface area contributed by atoms with Crippen molar-refractivity contribution < 1.29 is 4.74 Å². The highest BCUT2D eigenvalue weighted by atomic mass is 16.5. The zero-order chi connectivity index (χ0) is 14.4. The average molecular weight is 275 g/mol. The zero-order valence-electron chi connectivity index (χ0n) is 13.2. The molecule has 1 N–H and O–H groups in total. The highest BCUT2D eigenvalue weighted by Gasteiger charge is 2.31. The summed E-state index contributed by atoms with van der Waals surface area (Å²) in [6, 6.07) is 8.95. The fourth-order valence-corrected chi connectivity index (χ4v) is 3.54. The molecule has 0 amide bonds. The van der Waals surface area contributed by atoms with Crippen molar-refractivity contribution in [2.24, 2.45) is 11.8 Å². The van der Waals surface area contributed by atoms with E-state index in [9.17, 15) is 0 Å². The summed E-state index contributed by atoms with van der Waals surface area (Å²) in [4.78, 5) is 0. The van der Waals surface area contributed by atoms with Gasteiger partial charge in [0.2, 0.25) is 0 Å². The van der Waals surface area contributed by atoms with Gasteiger partial charge in [-0.05, 0) is 43.7 Å². The van der Waals surface area contributed by atoms with Gasteiger partial charge in [0.15, 0.2) is 0 Å². The highest BCUT2D eigenvalue weighted by molar-refractivity contribution is 5.36. The maximum absolute atomic E-state index is 5.58. The molecule has 1 saturated carbocycles. The lowest BCUT2D eigenvalue weighted by molar-refractivity contribution is 0.336. The quantitative estimate of drug-likeness (QED) is 0.787. The van der Waals surface area contributed by atoms with Gasteiger partial charge in [0.25, 0.3) is 0 Å². The van der Waals surface area contributed by atoms with E-state index in [0.29, 0.717) is 6.04 Å². The SMILES string of the molecule is CCCNC(c1ccccc1OC)C1CCC(CC)C1. The fraction of sp³-hybridized carbons (Fsp3) is 0.667. The summed E-state index contributed by atoms with van der Waals surface area (Å²) >= 11 is 0. The molecule has 1 aromatic rings. The maximum atomic E-state index is 5.58. The monoisotopic (exact) mass is 275 g/mol. The molecule has 0 radical (unpaired) electrons. The van der Waals surface area contributed by atoms with Crippen LogP contribution in [0.4, 0.5) is 0 Å². The van der Waals surface area contributed by atoms with E-state index >= 15 is 0 Å².